The maximum atomic E-state index is 12.3. The van der Waals surface area contributed by atoms with Gasteiger partial charge in [0.1, 0.15) is 0 Å². The monoisotopic (exact) mass is 311 g/mol. The van der Waals surface area contributed by atoms with Crippen LogP contribution in [0.25, 0.3) is 0 Å². The van der Waals surface area contributed by atoms with Crippen LogP contribution in [0.3, 0.4) is 0 Å². The normalized spacial score (nSPS) is 16.0. The number of piperazine rings is 1. The van der Waals surface area contributed by atoms with Gasteiger partial charge in [-0.15, -0.1) is 0 Å². The molecule has 0 aromatic heterocycles. The Morgan fingerprint density at radius 1 is 1.29 bits per heavy atom. The number of hydrogen-bond donors (Lipinski definition) is 2. The van der Waals surface area contributed by atoms with Crippen molar-refractivity contribution in [2.24, 2.45) is 0 Å². The number of amides is 1. The van der Waals surface area contributed by atoms with E-state index in [9.17, 15) is 13.2 Å². The zero-order chi connectivity index (χ0) is 15.5. The molecule has 2 rings (SSSR count). The van der Waals surface area contributed by atoms with Crippen LogP contribution >= 0.6 is 0 Å². The summed E-state index contributed by atoms with van der Waals surface area (Å²) < 4.78 is 26.9. The Labute approximate surface area is 125 Å². The van der Waals surface area contributed by atoms with Gasteiger partial charge in [0, 0.05) is 26.2 Å². The Hall–Kier alpha value is -1.44. The molecule has 1 aromatic carbocycles. The molecule has 0 unspecified atom stereocenters. The summed E-state index contributed by atoms with van der Waals surface area (Å²) in [6, 6.07) is 5.13. The van der Waals surface area contributed by atoms with E-state index in [-0.39, 0.29) is 17.3 Å². The van der Waals surface area contributed by atoms with E-state index in [4.69, 9.17) is 0 Å². The number of hydrogen-bond acceptors (Lipinski definition) is 4. The van der Waals surface area contributed by atoms with Gasteiger partial charge >= 0.3 is 0 Å². The molecule has 0 saturated carbocycles. The Balaban J connectivity index is 2.02. The fourth-order valence-electron chi connectivity index (χ4n) is 2.36. The second-order valence-electron chi connectivity index (χ2n) is 5.22. The van der Waals surface area contributed by atoms with E-state index in [0.29, 0.717) is 18.7 Å². The minimum atomic E-state index is -3.65. The molecule has 0 aliphatic carbocycles. The molecule has 116 valence electrons. The predicted octanol–water partition coefficient (Wildman–Crippen LogP) is 0.0135. The summed E-state index contributed by atoms with van der Waals surface area (Å²) in [5.74, 6) is -0.190. The summed E-state index contributed by atoms with van der Waals surface area (Å²) in [6.45, 7) is 6.18. The number of benzene rings is 1. The van der Waals surface area contributed by atoms with E-state index in [0.717, 1.165) is 18.7 Å². The predicted molar refractivity (Wildman–Crippen MR) is 80.6 cm³/mol. The van der Waals surface area contributed by atoms with Crippen LogP contribution in [0.4, 0.5) is 0 Å². The molecule has 1 aliphatic heterocycles. The molecule has 0 atom stereocenters. The Morgan fingerprint density at radius 3 is 2.57 bits per heavy atom. The number of aryl methyl sites for hydroxylation is 2. The quantitative estimate of drug-likeness (QED) is 0.821. The van der Waals surface area contributed by atoms with Crippen LogP contribution in [0.2, 0.25) is 0 Å². The van der Waals surface area contributed by atoms with Gasteiger partial charge in [-0.25, -0.2) is 13.1 Å². The molecule has 2 N–H and O–H groups in total. The molecule has 6 nitrogen and oxygen atoms in total. The minimum absolute atomic E-state index is 0.190. The van der Waals surface area contributed by atoms with Crippen LogP contribution in [-0.4, -0.2) is 51.9 Å². The number of nitrogens with zero attached hydrogens (tertiary/aromatic N) is 1. The zero-order valence-corrected chi connectivity index (χ0v) is 13.2. The lowest BCUT2D eigenvalue weighted by atomic mass is 10.2. The molecule has 0 radical (unpaired) electrons. The Kier molecular flexibility index (Phi) is 4.97. The number of carbonyl (C=O) groups is 1. The van der Waals surface area contributed by atoms with Crippen LogP contribution in [0, 0.1) is 13.8 Å². The first kappa shape index (κ1) is 15.9. The smallest absolute Gasteiger partial charge is 0.241 e. The lowest BCUT2D eigenvalue weighted by Crippen LogP contribution is -2.49. The Morgan fingerprint density at radius 2 is 1.95 bits per heavy atom. The van der Waals surface area contributed by atoms with Gasteiger partial charge in [0.15, 0.2) is 0 Å². The van der Waals surface area contributed by atoms with Crippen molar-refractivity contribution in [1.29, 1.82) is 0 Å². The van der Waals surface area contributed by atoms with Gasteiger partial charge in [0.05, 0.1) is 11.4 Å². The molecule has 1 heterocycles. The van der Waals surface area contributed by atoms with Crippen LogP contribution in [0.1, 0.15) is 11.1 Å². The molecule has 21 heavy (non-hydrogen) atoms. The lowest BCUT2D eigenvalue weighted by molar-refractivity contribution is -0.130. The van der Waals surface area contributed by atoms with Crippen molar-refractivity contribution in [3.8, 4) is 0 Å². The topological polar surface area (TPSA) is 78.5 Å². The van der Waals surface area contributed by atoms with Gasteiger partial charge in [-0.1, -0.05) is 17.7 Å². The molecule has 1 aliphatic rings. The second kappa shape index (κ2) is 6.55. The van der Waals surface area contributed by atoms with Crippen molar-refractivity contribution in [3.05, 3.63) is 29.3 Å². The standard InChI is InChI=1S/C14H21N3O3S/c1-11-3-4-13(12(2)9-11)21(19,20)16-10-14(18)17-7-5-15-6-8-17/h3-4,9,15-16H,5-8,10H2,1-2H3. The highest BCUT2D eigenvalue weighted by molar-refractivity contribution is 7.89. The number of nitrogens with one attached hydrogen (secondary N) is 2. The summed E-state index contributed by atoms with van der Waals surface area (Å²) in [6.07, 6.45) is 0. The van der Waals surface area contributed by atoms with E-state index in [1.165, 1.54) is 0 Å². The zero-order valence-electron chi connectivity index (χ0n) is 12.3. The second-order valence-corrected chi connectivity index (χ2v) is 6.96. The molecule has 1 aromatic rings. The van der Waals surface area contributed by atoms with E-state index >= 15 is 0 Å². The first-order valence-corrected chi connectivity index (χ1v) is 8.44. The number of sulfonamides is 1. The van der Waals surface area contributed by atoms with Gasteiger partial charge < -0.3 is 10.2 Å². The summed E-state index contributed by atoms with van der Waals surface area (Å²) >= 11 is 0. The third-order valence-electron chi connectivity index (χ3n) is 3.50. The van der Waals surface area contributed by atoms with E-state index in [1.54, 1.807) is 24.0 Å². The van der Waals surface area contributed by atoms with Crippen molar-refractivity contribution in [3.63, 3.8) is 0 Å². The van der Waals surface area contributed by atoms with Gasteiger partial charge in [-0.3, -0.25) is 4.79 Å². The minimum Gasteiger partial charge on any atom is -0.339 e. The summed E-state index contributed by atoms with van der Waals surface area (Å²) in [4.78, 5) is 13.9. The van der Waals surface area contributed by atoms with Crippen LogP contribution in [0.15, 0.2) is 23.1 Å². The van der Waals surface area contributed by atoms with Gasteiger partial charge in [0.25, 0.3) is 0 Å². The van der Waals surface area contributed by atoms with Gasteiger partial charge in [-0.05, 0) is 25.5 Å². The fourth-order valence-corrected chi connectivity index (χ4v) is 3.56. The number of carbonyl (C=O) groups excluding carboxylic acids is 1. The lowest BCUT2D eigenvalue weighted by Gasteiger charge is -2.27. The first-order valence-electron chi connectivity index (χ1n) is 6.95. The van der Waals surface area contributed by atoms with Crippen molar-refractivity contribution < 1.29 is 13.2 Å². The van der Waals surface area contributed by atoms with Gasteiger partial charge in [0.2, 0.25) is 15.9 Å². The Bertz CT molecular complexity index is 622. The summed E-state index contributed by atoms with van der Waals surface area (Å²) in [5, 5.41) is 3.15. The molecule has 7 heteroatoms. The van der Waals surface area contributed by atoms with Crippen LogP contribution in [-0.2, 0) is 14.8 Å². The van der Waals surface area contributed by atoms with Crippen LogP contribution in [0.5, 0.6) is 0 Å². The molecule has 1 amide bonds. The van der Waals surface area contributed by atoms with Gasteiger partial charge in [-0.2, -0.15) is 0 Å². The van der Waals surface area contributed by atoms with E-state index in [1.807, 2.05) is 13.0 Å². The third-order valence-corrected chi connectivity index (χ3v) is 5.06. The molecule has 1 saturated heterocycles. The fraction of sp³-hybridized carbons (Fsp3) is 0.500. The third kappa shape index (κ3) is 4.03. The summed E-state index contributed by atoms with van der Waals surface area (Å²) in [5.41, 5.74) is 1.68. The average molecular weight is 311 g/mol. The molecule has 0 bridgehead atoms. The van der Waals surface area contributed by atoms with Crippen molar-refractivity contribution in [1.82, 2.24) is 14.9 Å². The highest BCUT2D eigenvalue weighted by Gasteiger charge is 2.21. The first-order chi connectivity index (χ1) is 9.90. The average Bonchev–Trinajstić information content (AvgIpc) is 2.45. The number of rotatable bonds is 4. The van der Waals surface area contributed by atoms with E-state index < -0.39 is 10.0 Å². The molecular formula is C14H21N3O3S. The highest BCUT2D eigenvalue weighted by atomic mass is 32.2. The van der Waals surface area contributed by atoms with Crippen LogP contribution < -0.4 is 10.0 Å². The summed E-state index contributed by atoms with van der Waals surface area (Å²) in [7, 11) is -3.65. The van der Waals surface area contributed by atoms with Crippen molar-refractivity contribution >= 4 is 15.9 Å². The molecule has 0 spiro atoms. The van der Waals surface area contributed by atoms with Crippen molar-refractivity contribution in [2.75, 3.05) is 32.7 Å². The molecule has 1 fully saturated rings. The highest BCUT2D eigenvalue weighted by Crippen LogP contribution is 2.16. The maximum Gasteiger partial charge on any atom is 0.241 e. The molecular weight excluding hydrogens is 290 g/mol. The van der Waals surface area contributed by atoms with Crippen molar-refractivity contribution in [2.45, 2.75) is 18.7 Å². The van der Waals surface area contributed by atoms with E-state index in [2.05, 4.69) is 10.0 Å². The maximum absolute atomic E-state index is 12.3. The SMILES string of the molecule is Cc1ccc(S(=O)(=O)NCC(=O)N2CCNCC2)c(C)c1. The largest absolute Gasteiger partial charge is 0.339 e.